The summed E-state index contributed by atoms with van der Waals surface area (Å²) >= 11 is 0. The molecule has 0 unspecified atom stereocenters. The lowest BCUT2D eigenvalue weighted by Gasteiger charge is -2.14. The third-order valence-electron chi connectivity index (χ3n) is 12.0. The third kappa shape index (κ3) is 16.9. The molecule has 0 saturated carbocycles. The Bertz CT molecular complexity index is 4740. The number of rotatable bonds is 26. The molecule has 0 bridgehead atoms. The Morgan fingerprint density at radius 3 is 1.62 bits per heavy atom. The Morgan fingerprint density at radius 2 is 1.00 bits per heavy atom. The minimum absolute atomic E-state index is 0.0693. The average molecular weight is 1320 g/mol. The van der Waals surface area contributed by atoms with Gasteiger partial charge in [0.25, 0.3) is 50.6 Å². The van der Waals surface area contributed by atoms with Crippen molar-refractivity contribution in [2.75, 3.05) is 72.0 Å². The molecule has 0 atom stereocenters. The first-order valence-corrected chi connectivity index (χ1v) is 32.3. The smallest absolute Gasteiger partial charge is 0.296 e. The van der Waals surface area contributed by atoms with E-state index in [1.54, 1.807) is 0 Å². The number of fused-ring (bicyclic) bond motifs is 1. The van der Waals surface area contributed by atoms with Crippen LogP contribution in [0, 0.1) is 0 Å². The van der Waals surface area contributed by atoms with Crippen LogP contribution in [-0.4, -0.2) is 129 Å². The maximum atomic E-state index is 12.9. The number of nitrogens with one attached hydrogen (secondary N) is 6. The molecule has 89 heavy (non-hydrogen) atoms. The van der Waals surface area contributed by atoms with E-state index in [4.69, 9.17) is 17.2 Å². The fourth-order valence-corrected chi connectivity index (χ4v) is 11.1. The van der Waals surface area contributed by atoms with E-state index < -0.39 is 120 Å². The zero-order chi connectivity index (χ0) is 64.6. The van der Waals surface area contributed by atoms with Gasteiger partial charge in [-0.25, -0.2) is 0 Å². The molecule has 8 aromatic rings. The molecular formula is C49H50N18O17S5. The molecule has 19 N–H and O–H groups in total. The predicted octanol–water partition coefficient (Wildman–Crippen LogP) is 6.86. The average Bonchev–Trinajstić information content (AvgIpc) is 0.856. The Labute approximate surface area is 505 Å². The van der Waals surface area contributed by atoms with Gasteiger partial charge in [-0.15, -0.1) is 20.5 Å². The molecule has 0 aliphatic heterocycles. The highest BCUT2D eigenvalue weighted by Crippen LogP contribution is 2.49. The van der Waals surface area contributed by atoms with Crippen LogP contribution in [0.4, 0.5) is 86.1 Å². The molecule has 1 heterocycles. The van der Waals surface area contributed by atoms with E-state index in [1.165, 1.54) is 54.6 Å². The molecule has 8 rings (SSSR count). The van der Waals surface area contributed by atoms with Crippen molar-refractivity contribution in [2.24, 2.45) is 36.4 Å². The molecule has 0 aliphatic carbocycles. The number of aromatic hydroxyl groups is 2. The number of benzene rings is 7. The van der Waals surface area contributed by atoms with Gasteiger partial charge in [-0.1, -0.05) is 6.07 Å². The zero-order valence-electron chi connectivity index (χ0n) is 45.2. The fourth-order valence-electron chi connectivity index (χ4n) is 7.95. The van der Waals surface area contributed by atoms with E-state index in [1.807, 2.05) is 0 Å². The van der Waals surface area contributed by atoms with Crippen LogP contribution >= 0.6 is 0 Å². The Morgan fingerprint density at radius 1 is 0.449 bits per heavy atom. The highest BCUT2D eigenvalue weighted by molar-refractivity contribution is 7.87. The number of azo groups is 3. The van der Waals surface area contributed by atoms with Crippen molar-refractivity contribution >= 4 is 147 Å². The summed E-state index contributed by atoms with van der Waals surface area (Å²) in [5.74, 6) is -2.08. The quantitative estimate of drug-likeness (QED) is 0.0114. The van der Waals surface area contributed by atoms with Crippen LogP contribution in [0.25, 0.3) is 10.8 Å². The normalized spacial score (nSPS) is 12.6. The van der Waals surface area contributed by atoms with Crippen molar-refractivity contribution in [3.63, 3.8) is 0 Å². The van der Waals surface area contributed by atoms with Gasteiger partial charge in [0.05, 0.1) is 33.0 Å². The molecule has 1 aromatic heterocycles. The monoisotopic (exact) mass is 1320 g/mol. The van der Waals surface area contributed by atoms with Crippen molar-refractivity contribution in [1.82, 2.24) is 25.6 Å². The van der Waals surface area contributed by atoms with Gasteiger partial charge in [0, 0.05) is 68.1 Å². The number of hydrogen-bond donors (Lipinski definition) is 16. The third-order valence-corrected chi connectivity index (χ3v) is 16.3. The summed E-state index contributed by atoms with van der Waals surface area (Å²) in [5, 5.41) is 61.4. The van der Waals surface area contributed by atoms with Crippen LogP contribution < -0.4 is 49.1 Å². The minimum Gasteiger partial charge on any atom is -0.506 e. The summed E-state index contributed by atoms with van der Waals surface area (Å²) in [5.41, 5.74) is 14.0. The lowest BCUT2D eigenvalue weighted by atomic mass is 10.1. The predicted molar refractivity (Wildman–Crippen MR) is 323 cm³/mol. The molecule has 0 aliphatic rings. The van der Waals surface area contributed by atoms with E-state index in [0.717, 1.165) is 48.5 Å². The number of hydrogen-bond acceptors (Lipinski definition) is 30. The van der Waals surface area contributed by atoms with E-state index in [0.29, 0.717) is 56.2 Å². The highest BCUT2D eigenvalue weighted by atomic mass is 32.2. The number of aromatic nitrogens is 3. The van der Waals surface area contributed by atoms with Crippen LogP contribution in [0.3, 0.4) is 0 Å². The first kappa shape index (κ1) is 65.4. The Kier molecular flexibility index (Phi) is 19.7. The van der Waals surface area contributed by atoms with Gasteiger partial charge >= 0.3 is 0 Å². The number of phenolic OH excluding ortho intramolecular Hbond substituents is 2. The molecule has 0 saturated heterocycles. The van der Waals surface area contributed by atoms with E-state index >= 15 is 0 Å². The first-order valence-electron chi connectivity index (χ1n) is 25.1. The van der Waals surface area contributed by atoms with Gasteiger partial charge in [0.15, 0.2) is 5.75 Å². The van der Waals surface area contributed by atoms with Crippen molar-refractivity contribution < 1.29 is 75.1 Å². The molecule has 35 nitrogen and oxygen atoms in total. The number of nitrogens with two attached hydrogens (primary N) is 3. The lowest BCUT2D eigenvalue weighted by molar-refractivity contribution is 0.472. The topological polar surface area (TPSA) is 575 Å². The summed E-state index contributed by atoms with van der Waals surface area (Å²) in [6.45, 7) is 2.88. The second-order valence-electron chi connectivity index (χ2n) is 18.4. The molecule has 468 valence electrons. The largest absolute Gasteiger partial charge is 0.506 e. The second-order valence-corrected chi connectivity index (χ2v) is 25.3. The van der Waals surface area contributed by atoms with Gasteiger partial charge in [-0.2, -0.15) is 67.3 Å². The van der Waals surface area contributed by atoms with Gasteiger partial charge < -0.3 is 59.3 Å². The summed E-state index contributed by atoms with van der Waals surface area (Å²) in [6, 6.07) is 22.0. The summed E-state index contributed by atoms with van der Waals surface area (Å²) in [6.07, 6.45) is 0. The number of anilines is 9. The Balaban J connectivity index is 1.13. The standard InChI is InChI=1S/C49H50N18O17S5/c50-14-15-53-16-17-54-18-19-55-47-59-48(57-30-2-1-3-33(23-30)85(70,71)72)61-49(60-47)58-31-10-13-38(86(73,74)75)36(24-31)65-67-45-41(89(82,83)84)21-26-20-40(88(79,80)81)44(43(52)42(26)46(45)69)66-63-32-9-12-35(39(25-32)87(76,77)78)56-28-5-7-29(8-6-28)62-64-34-11-4-27(51)22-37(34)68/h1-13,20-25,53-54,56,68-69H,14-19,50-52H2,(H,70,71,72)(H,73,74,75)(H,76,77,78)(H,79,80,81)(H,82,83,84)(H3,55,57,58,59,60,61). The van der Waals surface area contributed by atoms with Gasteiger partial charge in [0.2, 0.25) is 17.8 Å². The molecule has 7 aromatic carbocycles. The molecular weight excluding hydrogens is 1270 g/mol. The Hall–Kier alpha value is -9.56. The summed E-state index contributed by atoms with van der Waals surface area (Å²) in [7, 11) is -25.9. The van der Waals surface area contributed by atoms with Crippen LogP contribution in [0.1, 0.15) is 0 Å². The number of nitrogens with zero attached hydrogens (tertiary/aromatic N) is 9. The van der Waals surface area contributed by atoms with Crippen LogP contribution in [0.15, 0.2) is 170 Å². The molecule has 0 amide bonds. The summed E-state index contributed by atoms with van der Waals surface area (Å²) in [4.78, 5) is 8.19. The van der Waals surface area contributed by atoms with Gasteiger partial charge in [0.1, 0.15) is 48.1 Å². The van der Waals surface area contributed by atoms with Crippen molar-refractivity contribution in [3.8, 4) is 11.5 Å². The number of nitrogen functional groups attached to an aromatic ring is 2. The zero-order valence-corrected chi connectivity index (χ0v) is 49.3. The molecule has 0 fully saturated rings. The van der Waals surface area contributed by atoms with E-state index in [-0.39, 0.29) is 58.6 Å². The van der Waals surface area contributed by atoms with E-state index in [2.05, 4.69) is 77.5 Å². The van der Waals surface area contributed by atoms with Crippen molar-refractivity contribution in [1.29, 1.82) is 0 Å². The van der Waals surface area contributed by atoms with Gasteiger partial charge in [-0.05, 0) is 109 Å². The molecule has 40 heteroatoms. The summed E-state index contributed by atoms with van der Waals surface area (Å²) < 4.78 is 177. The molecule has 0 spiro atoms. The van der Waals surface area contributed by atoms with Crippen molar-refractivity contribution in [2.45, 2.75) is 24.5 Å². The maximum Gasteiger partial charge on any atom is 0.296 e. The SMILES string of the molecule is NCCNCCNCCNc1nc(Nc2cccc(S(=O)(=O)O)c2)nc(Nc2ccc(S(=O)(=O)O)c(N=Nc3c(S(=O)(=O)O)cc4cc(S(=O)(=O)O)c(N=Nc5ccc(Nc6ccc(N=Nc7ccc(N)cc7O)cc6)c(S(=O)(=O)O)c5)c(N)c4c3O)c2)n1. The van der Waals surface area contributed by atoms with Crippen LogP contribution in [-0.2, 0) is 50.6 Å². The van der Waals surface area contributed by atoms with Gasteiger partial charge in [-0.3, -0.25) is 22.8 Å². The van der Waals surface area contributed by atoms with Crippen LogP contribution in [0.5, 0.6) is 11.5 Å². The van der Waals surface area contributed by atoms with Crippen molar-refractivity contribution in [3.05, 3.63) is 115 Å². The van der Waals surface area contributed by atoms with E-state index in [9.17, 15) is 75.1 Å². The maximum absolute atomic E-state index is 12.9. The fraction of sp³-hybridized carbons (Fsp3) is 0.122. The second kappa shape index (κ2) is 26.8. The molecule has 0 radical (unpaired) electrons. The van der Waals surface area contributed by atoms with Crippen LogP contribution in [0.2, 0.25) is 0 Å². The first-order chi connectivity index (χ1) is 41.8. The minimum atomic E-state index is -5.54. The number of phenols is 2. The highest BCUT2D eigenvalue weighted by Gasteiger charge is 2.29. The lowest BCUT2D eigenvalue weighted by Crippen LogP contribution is -2.32.